The molecule has 7 heteroatoms. The fourth-order valence-corrected chi connectivity index (χ4v) is 2.80. The van der Waals surface area contributed by atoms with Crippen molar-refractivity contribution in [3.63, 3.8) is 0 Å². The van der Waals surface area contributed by atoms with Crippen molar-refractivity contribution in [2.45, 2.75) is 19.8 Å². The Morgan fingerprint density at radius 1 is 1.11 bits per heavy atom. The van der Waals surface area contributed by atoms with E-state index in [9.17, 15) is 9.59 Å². The predicted octanol–water partition coefficient (Wildman–Crippen LogP) is 3.13. The van der Waals surface area contributed by atoms with Crippen LogP contribution in [0.1, 0.15) is 18.4 Å². The Kier molecular flexibility index (Phi) is 5.40. The van der Waals surface area contributed by atoms with E-state index in [1.54, 1.807) is 25.3 Å². The molecule has 7 nitrogen and oxygen atoms in total. The number of hydrazone groups is 1. The van der Waals surface area contributed by atoms with E-state index in [0.29, 0.717) is 22.9 Å². The number of hydrogen-bond donors (Lipinski definition) is 1. The van der Waals surface area contributed by atoms with Crippen LogP contribution in [0.4, 0.5) is 11.4 Å². The van der Waals surface area contributed by atoms with E-state index in [4.69, 9.17) is 9.47 Å². The average Bonchev–Trinajstić information content (AvgIpc) is 2.69. The van der Waals surface area contributed by atoms with Crippen molar-refractivity contribution in [3.05, 3.63) is 48.0 Å². The fourth-order valence-electron chi connectivity index (χ4n) is 2.80. The van der Waals surface area contributed by atoms with Crippen LogP contribution >= 0.6 is 0 Å². The second kappa shape index (κ2) is 7.90. The summed E-state index contributed by atoms with van der Waals surface area (Å²) in [6.07, 6.45) is 0.506. The van der Waals surface area contributed by atoms with Gasteiger partial charge in [-0.25, -0.2) is 5.01 Å². The van der Waals surface area contributed by atoms with Crippen LogP contribution in [0, 0.1) is 6.92 Å². The summed E-state index contributed by atoms with van der Waals surface area (Å²) in [5.41, 5.74) is 2.38. The maximum Gasteiger partial charge on any atom is 0.271 e. The zero-order valence-electron chi connectivity index (χ0n) is 15.5. The molecule has 2 amide bonds. The lowest BCUT2D eigenvalue weighted by Crippen LogP contribution is -2.36. The van der Waals surface area contributed by atoms with E-state index in [-0.39, 0.29) is 30.4 Å². The van der Waals surface area contributed by atoms with Crippen molar-refractivity contribution < 1.29 is 19.1 Å². The maximum absolute atomic E-state index is 12.7. The van der Waals surface area contributed by atoms with Crippen molar-refractivity contribution in [3.8, 4) is 11.5 Å². The number of anilines is 2. The van der Waals surface area contributed by atoms with Crippen molar-refractivity contribution in [1.82, 2.24) is 0 Å². The molecule has 1 aliphatic heterocycles. The van der Waals surface area contributed by atoms with Gasteiger partial charge in [-0.3, -0.25) is 9.59 Å². The summed E-state index contributed by atoms with van der Waals surface area (Å²) in [7, 11) is 3.07. The lowest BCUT2D eigenvalue weighted by molar-refractivity contribution is -0.118. The van der Waals surface area contributed by atoms with Crippen molar-refractivity contribution in [1.29, 1.82) is 0 Å². The third-order valence-corrected chi connectivity index (χ3v) is 4.30. The highest BCUT2D eigenvalue weighted by molar-refractivity contribution is 6.44. The number of para-hydroxylation sites is 1. The first-order valence-electron chi connectivity index (χ1n) is 8.53. The van der Waals surface area contributed by atoms with Gasteiger partial charge in [0.05, 0.1) is 25.6 Å². The molecule has 1 aliphatic rings. The summed E-state index contributed by atoms with van der Waals surface area (Å²) in [6, 6.07) is 12.5. The Morgan fingerprint density at radius 3 is 2.59 bits per heavy atom. The molecule has 3 rings (SSSR count). The van der Waals surface area contributed by atoms with Gasteiger partial charge in [-0.05, 0) is 30.7 Å². The molecule has 0 radical (unpaired) electrons. The largest absolute Gasteiger partial charge is 0.497 e. The molecule has 2 aromatic rings. The van der Waals surface area contributed by atoms with Crippen LogP contribution in [0.25, 0.3) is 0 Å². The Morgan fingerprint density at radius 2 is 1.89 bits per heavy atom. The molecule has 0 fully saturated rings. The van der Waals surface area contributed by atoms with E-state index >= 15 is 0 Å². The van der Waals surface area contributed by atoms with E-state index in [2.05, 4.69) is 10.4 Å². The molecule has 0 aliphatic carbocycles. The van der Waals surface area contributed by atoms with Crippen LogP contribution in [-0.2, 0) is 9.59 Å². The van der Waals surface area contributed by atoms with E-state index in [1.165, 1.54) is 12.1 Å². The summed E-state index contributed by atoms with van der Waals surface area (Å²) in [5, 5.41) is 8.40. The Labute approximate surface area is 157 Å². The van der Waals surface area contributed by atoms with Gasteiger partial charge in [-0.2, -0.15) is 5.10 Å². The minimum absolute atomic E-state index is 0.136. The molecular formula is C20H21N3O4. The maximum atomic E-state index is 12.7. The van der Waals surface area contributed by atoms with Gasteiger partial charge in [-0.1, -0.05) is 18.2 Å². The van der Waals surface area contributed by atoms with Crippen LogP contribution in [0.2, 0.25) is 0 Å². The molecule has 0 saturated heterocycles. The zero-order chi connectivity index (χ0) is 19.4. The minimum atomic E-state index is -0.371. The number of rotatable bonds is 5. The van der Waals surface area contributed by atoms with Crippen molar-refractivity contribution >= 4 is 28.9 Å². The average molecular weight is 367 g/mol. The standard InChI is InChI=1S/C20H21N3O4/c1-13-6-4-5-7-17(13)23-19(24)11-10-16(22-23)20(25)21-15-9-8-14(26-2)12-18(15)27-3/h4-9,12H,10-11H2,1-3H3,(H,21,25). The lowest BCUT2D eigenvalue weighted by Gasteiger charge is -2.24. The number of carbonyl (C=O) groups is 2. The van der Waals surface area contributed by atoms with Crippen LogP contribution in [0.3, 0.4) is 0 Å². The van der Waals surface area contributed by atoms with E-state index < -0.39 is 0 Å². The number of methoxy groups -OCH3 is 2. The second-order valence-electron chi connectivity index (χ2n) is 6.06. The Hall–Kier alpha value is -3.35. The van der Waals surface area contributed by atoms with Crippen LogP contribution in [0.15, 0.2) is 47.6 Å². The molecular weight excluding hydrogens is 346 g/mol. The molecule has 0 spiro atoms. The number of carbonyl (C=O) groups excluding carboxylic acids is 2. The van der Waals surface area contributed by atoms with Gasteiger partial charge in [-0.15, -0.1) is 0 Å². The predicted molar refractivity (Wildman–Crippen MR) is 104 cm³/mol. The van der Waals surface area contributed by atoms with Gasteiger partial charge in [0.1, 0.15) is 17.2 Å². The number of benzene rings is 2. The zero-order valence-corrected chi connectivity index (χ0v) is 15.5. The van der Waals surface area contributed by atoms with Gasteiger partial charge < -0.3 is 14.8 Å². The minimum Gasteiger partial charge on any atom is -0.497 e. The number of hydrogen-bond acceptors (Lipinski definition) is 5. The summed E-state index contributed by atoms with van der Waals surface area (Å²) in [6.45, 7) is 1.90. The fraction of sp³-hybridized carbons (Fsp3) is 0.250. The summed E-state index contributed by atoms with van der Waals surface area (Å²) in [5.74, 6) is 0.592. The van der Waals surface area contributed by atoms with Gasteiger partial charge in [0.2, 0.25) is 5.91 Å². The molecule has 0 atom stereocenters. The highest BCUT2D eigenvalue weighted by atomic mass is 16.5. The normalized spacial score (nSPS) is 13.8. The van der Waals surface area contributed by atoms with Crippen molar-refractivity contribution in [2.75, 3.05) is 24.5 Å². The number of amides is 2. The van der Waals surface area contributed by atoms with E-state index in [1.807, 2.05) is 31.2 Å². The Bertz CT molecular complexity index is 908. The molecule has 0 bridgehead atoms. The first-order valence-corrected chi connectivity index (χ1v) is 8.53. The van der Waals surface area contributed by atoms with Crippen LogP contribution < -0.4 is 19.8 Å². The molecule has 0 unspecified atom stereocenters. The van der Waals surface area contributed by atoms with Gasteiger partial charge in [0.15, 0.2) is 0 Å². The van der Waals surface area contributed by atoms with E-state index in [0.717, 1.165) is 5.56 Å². The third-order valence-electron chi connectivity index (χ3n) is 4.30. The number of nitrogens with one attached hydrogen (secondary N) is 1. The molecule has 2 aromatic carbocycles. The van der Waals surface area contributed by atoms with Gasteiger partial charge >= 0.3 is 0 Å². The molecule has 0 aromatic heterocycles. The molecule has 0 saturated carbocycles. The highest BCUT2D eigenvalue weighted by Gasteiger charge is 2.26. The number of nitrogens with zero attached hydrogens (tertiary/aromatic N) is 2. The third kappa shape index (κ3) is 3.92. The Balaban J connectivity index is 1.85. The smallest absolute Gasteiger partial charge is 0.271 e. The number of aryl methyl sites for hydroxylation is 1. The summed E-state index contributed by atoms with van der Waals surface area (Å²) < 4.78 is 10.5. The highest BCUT2D eigenvalue weighted by Crippen LogP contribution is 2.29. The van der Waals surface area contributed by atoms with Crippen LogP contribution in [0.5, 0.6) is 11.5 Å². The van der Waals surface area contributed by atoms with Crippen molar-refractivity contribution in [2.24, 2.45) is 5.10 Å². The summed E-state index contributed by atoms with van der Waals surface area (Å²) in [4.78, 5) is 25.0. The van der Waals surface area contributed by atoms with Gasteiger partial charge in [0.25, 0.3) is 5.91 Å². The topological polar surface area (TPSA) is 80.2 Å². The SMILES string of the molecule is COc1ccc(NC(=O)C2=NN(c3ccccc3C)C(=O)CC2)c(OC)c1. The molecule has 140 valence electrons. The first-order chi connectivity index (χ1) is 13.0. The second-order valence-corrected chi connectivity index (χ2v) is 6.06. The number of ether oxygens (including phenoxy) is 2. The molecule has 1 N–H and O–H groups in total. The quantitative estimate of drug-likeness (QED) is 0.880. The first kappa shape index (κ1) is 18.4. The van der Waals surface area contributed by atoms with Gasteiger partial charge in [0, 0.05) is 18.9 Å². The molecule has 27 heavy (non-hydrogen) atoms. The summed E-state index contributed by atoms with van der Waals surface area (Å²) >= 11 is 0. The molecule has 1 heterocycles. The lowest BCUT2D eigenvalue weighted by atomic mass is 10.1. The monoisotopic (exact) mass is 367 g/mol. The van der Waals surface area contributed by atoms with Crippen LogP contribution in [-0.4, -0.2) is 31.7 Å².